The van der Waals surface area contributed by atoms with E-state index >= 15 is 0 Å². The van der Waals surface area contributed by atoms with E-state index in [2.05, 4.69) is 0 Å². The van der Waals surface area contributed by atoms with Crippen LogP contribution >= 0.6 is 7.60 Å². The van der Waals surface area contributed by atoms with Gasteiger partial charge in [-0.3, -0.25) is 14.4 Å². The molecule has 0 bridgehead atoms. The van der Waals surface area contributed by atoms with Gasteiger partial charge in [-0.05, 0) is 41.0 Å². The predicted octanol–water partition coefficient (Wildman–Crippen LogP) is 6.24. The summed E-state index contributed by atoms with van der Waals surface area (Å²) >= 11 is 0. The van der Waals surface area contributed by atoms with E-state index in [4.69, 9.17) is 18.8 Å². The van der Waals surface area contributed by atoms with Crippen LogP contribution in [-0.2, 0) is 23.1 Å². The van der Waals surface area contributed by atoms with Gasteiger partial charge in [0.05, 0.1) is 18.9 Å². The molecule has 0 amide bonds. The quantitative estimate of drug-likeness (QED) is 0.226. The Labute approximate surface area is 191 Å². The first-order valence-corrected chi connectivity index (χ1v) is 12.6. The van der Waals surface area contributed by atoms with Crippen molar-refractivity contribution in [2.75, 3.05) is 13.2 Å². The van der Waals surface area contributed by atoms with Crippen LogP contribution in [-0.4, -0.2) is 36.3 Å². The van der Waals surface area contributed by atoms with E-state index in [1.54, 1.807) is 13.8 Å². The molecule has 6 nitrogen and oxygen atoms in total. The topological polar surface area (TPSA) is 74.2 Å². The van der Waals surface area contributed by atoms with E-state index < -0.39 is 19.0 Å². The van der Waals surface area contributed by atoms with E-state index in [9.17, 15) is 9.36 Å². The maximum atomic E-state index is 13.7. The number of hydrogen-bond donors (Lipinski definition) is 0. The van der Waals surface area contributed by atoms with Crippen LogP contribution in [0.15, 0.2) is 65.7 Å². The molecule has 0 radical (unpaired) electrons. The normalized spacial score (nSPS) is 12.8. The lowest BCUT2D eigenvalue weighted by Gasteiger charge is -2.25. The van der Waals surface area contributed by atoms with Crippen molar-refractivity contribution in [1.82, 2.24) is 0 Å². The molecule has 7 heteroatoms. The summed E-state index contributed by atoms with van der Waals surface area (Å²) in [6.45, 7) is 9.38. The molecule has 0 aliphatic carbocycles. The standard InChI is InChI=1S/C25H34NO5P/c1-6-29-32(28,30-7-2)22(18-19-23(27)31-25(3,4)5)26-24(20-14-10-8-11-15-20)21-16-12-9-13-17-21/h8-17,22H,6-7,18-19H2,1-5H3/t22-/m0/s1. The van der Waals surface area contributed by atoms with E-state index in [0.717, 1.165) is 11.1 Å². The number of nitrogens with zero attached hydrogens (tertiary/aromatic N) is 1. The average Bonchev–Trinajstić information content (AvgIpc) is 2.74. The van der Waals surface area contributed by atoms with Crippen molar-refractivity contribution < 1.29 is 23.1 Å². The number of carbonyl (C=O) groups is 1. The van der Waals surface area contributed by atoms with Gasteiger partial charge in [-0.2, -0.15) is 0 Å². The first-order chi connectivity index (χ1) is 15.2. The van der Waals surface area contributed by atoms with Crippen molar-refractivity contribution in [3.05, 3.63) is 71.8 Å². The number of carbonyl (C=O) groups excluding carboxylic acids is 1. The minimum Gasteiger partial charge on any atom is -0.460 e. The fourth-order valence-corrected chi connectivity index (χ4v) is 5.00. The van der Waals surface area contributed by atoms with Crippen molar-refractivity contribution in [1.29, 1.82) is 0 Å². The van der Waals surface area contributed by atoms with Gasteiger partial charge in [-0.25, -0.2) is 0 Å². The Morgan fingerprint density at radius 1 is 0.906 bits per heavy atom. The molecule has 1 atom stereocenters. The first kappa shape index (κ1) is 26.0. The lowest BCUT2D eigenvalue weighted by molar-refractivity contribution is -0.154. The Hall–Kier alpha value is -2.27. The molecule has 0 spiro atoms. The summed E-state index contributed by atoms with van der Waals surface area (Å²) in [6.07, 6.45) is 0.224. The second-order valence-electron chi connectivity index (χ2n) is 8.19. The van der Waals surface area contributed by atoms with E-state index in [1.807, 2.05) is 81.4 Å². The summed E-state index contributed by atoms with van der Waals surface area (Å²) < 4.78 is 30.4. The summed E-state index contributed by atoms with van der Waals surface area (Å²) in [5.41, 5.74) is 1.82. The van der Waals surface area contributed by atoms with Crippen LogP contribution in [0.4, 0.5) is 0 Å². The molecule has 0 unspecified atom stereocenters. The Morgan fingerprint density at radius 2 is 1.38 bits per heavy atom. The minimum atomic E-state index is -3.63. The molecule has 0 saturated carbocycles. The minimum absolute atomic E-state index is 0.0481. The summed E-state index contributed by atoms with van der Waals surface area (Å²) in [5.74, 6) is -1.23. The van der Waals surface area contributed by atoms with Gasteiger partial charge < -0.3 is 13.8 Å². The molecule has 0 aliphatic heterocycles. The summed E-state index contributed by atoms with van der Waals surface area (Å²) in [4.78, 5) is 17.3. The van der Waals surface area contributed by atoms with Gasteiger partial charge in [-0.15, -0.1) is 0 Å². The van der Waals surface area contributed by atoms with E-state index in [1.165, 1.54) is 0 Å². The second kappa shape index (κ2) is 12.1. The van der Waals surface area contributed by atoms with E-state index in [-0.39, 0.29) is 32.0 Å². The Balaban J connectivity index is 2.50. The molecule has 0 aliphatic rings. The Morgan fingerprint density at radius 3 is 1.78 bits per heavy atom. The number of ether oxygens (including phenoxy) is 1. The monoisotopic (exact) mass is 459 g/mol. The summed E-state index contributed by atoms with van der Waals surface area (Å²) in [7, 11) is -3.63. The molecule has 0 heterocycles. The highest BCUT2D eigenvalue weighted by Gasteiger charge is 2.36. The van der Waals surface area contributed by atoms with Crippen molar-refractivity contribution in [3.63, 3.8) is 0 Å². The van der Waals surface area contributed by atoms with Gasteiger partial charge in [0.15, 0.2) is 5.78 Å². The molecular formula is C25H34NO5P. The van der Waals surface area contributed by atoms with E-state index in [0.29, 0.717) is 5.71 Å². The van der Waals surface area contributed by atoms with Gasteiger partial charge >= 0.3 is 13.6 Å². The summed E-state index contributed by atoms with van der Waals surface area (Å²) in [6, 6.07) is 19.3. The number of aliphatic imine (C=N–C) groups is 1. The van der Waals surface area contributed by atoms with Crippen molar-refractivity contribution in [3.8, 4) is 0 Å². The van der Waals surface area contributed by atoms with Gasteiger partial charge in [0.1, 0.15) is 5.60 Å². The predicted molar refractivity (Wildman–Crippen MR) is 128 cm³/mol. The van der Waals surface area contributed by atoms with Gasteiger partial charge in [0.25, 0.3) is 0 Å². The number of esters is 1. The third kappa shape index (κ3) is 8.01. The molecule has 32 heavy (non-hydrogen) atoms. The van der Waals surface area contributed by atoms with Crippen LogP contribution < -0.4 is 0 Å². The zero-order chi connectivity index (χ0) is 23.6. The largest absolute Gasteiger partial charge is 0.460 e. The summed E-state index contributed by atoms with van der Waals surface area (Å²) in [5, 5.41) is 0. The molecule has 0 saturated heterocycles. The molecule has 0 N–H and O–H groups in total. The molecule has 2 aromatic carbocycles. The fraction of sp³-hybridized carbons (Fsp3) is 0.440. The van der Waals surface area contributed by atoms with Crippen LogP contribution in [0.3, 0.4) is 0 Å². The SMILES string of the molecule is CCOP(=O)(OCC)[C@@H](CCC(=O)OC(C)(C)C)N=C(c1ccccc1)c1ccccc1. The smallest absolute Gasteiger partial charge is 0.354 e. The average molecular weight is 460 g/mol. The molecular weight excluding hydrogens is 425 g/mol. The van der Waals surface area contributed by atoms with Crippen molar-refractivity contribution >= 4 is 19.3 Å². The van der Waals surface area contributed by atoms with Gasteiger partial charge in [-0.1, -0.05) is 60.7 Å². The molecule has 0 fully saturated rings. The highest BCUT2D eigenvalue weighted by molar-refractivity contribution is 7.54. The van der Waals surface area contributed by atoms with Crippen LogP contribution in [0, 0.1) is 0 Å². The number of hydrogen-bond acceptors (Lipinski definition) is 6. The lowest BCUT2D eigenvalue weighted by atomic mass is 10.0. The highest BCUT2D eigenvalue weighted by atomic mass is 31.2. The second-order valence-corrected chi connectivity index (χ2v) is 10.4. The molecule has 174 valence electrons. The maximum Gasteiger partial charge on any atom is 0.354 e. The van der Waals surface area contributed by atoms with Gasteiger partial charge in [0, 0.05) is 17.5 Å². The third-order valence-electron chi connectivity index (χ3n) is 4.38. The zero-order valence-corrected chi connectivity index (χ0v) is 20.5. The maximum absolute atomic E-state index is 13.7. The van der Waals surface area contributed by atoms with Gasteiger partial charge in [0.2, 0.25) is 0 Å². The first-order valence-electron chi connectivity index (χ1n) is 11.0. The molecule has 2 aromatic rings. The van der Waals surface area contributed by atoms with Crippen molar-refractivity contribution in [2.24, 2.45) is 4.99 Å². The van der Waals surface area contributed by atoms with Crippen LogP contribution in [0.25, 0.3) is 0 Å². The molecule has 2 rings (SSSR count). The van der Waals surface area contributed by atoms with Crippen LogP contribution in [0.2, 0.25) is 0 Å². The highest BCUT2D eigenvalue weighted by Crippen LogP contribution is 2.55. The Bertz CT molecular complexity index is 871. The fourth-order valence-electron chi connectivity index (χ4n) is 3.16. The Kier molecular flexibility index (Phi) is 9.83. The third-order valence-corrected chi connectivity index (χ3v) is 6.72. The van der Waals surface area contributed by atoms with Crippen LogP contribution in [0.5, 0.6) is 0 Å². The lowest BCUT2D eigenvalue weighted by Crippen LogP contribution is -2.25. The molecule has 0 aromatic heterocycles. The number of rotatable bonds is 11. The van der Waals surface area contributed by atoms with Crippen LogP contribution in [0.1, 0.15) is 58.6 Å². The van der Waals surface area contributed by atoms with Crippen molar-refractivity contribution in [2.45, 2.75) is 58.8 Å². The number of benzene rings is 2. The zero-order valence-electron chi connectivity index (χ0n) is 19.6.